The third-order valence-electron chi connectivity index (χ3n) is 3.63. The Labute approximate surface area is 121 Å². The Hall–Kier alpha value is -1.17. The van der Waals surface area contributed by atoms with Crippen molar-refractivity contribution in [1.82, 2.24) is 4.31 Å². The summed E-state index contributed by atoms with van der Waals surface area (Å²) in [7, 11) is -3.48. The minimum absolute atomic E-state index is 0.113. The van der Waals surface area contributed by atoms with Crippen molar-refractivity contribution in [2.45, 2.75) is 37.3 Å². The molecule has 110 valence electrons. The number of sulfonamides is 1. The third-order valence-corrected chi connectivity index (χ3v) is 5.56. The standard InChI is InChI=1S/C15H21NO3S/c1-4-13-11-19-14(5-2)10-16(13)20(17,18)15-8-6-12(3)7-9-15/h5-9,13-14H,2,4,10-11H2,1,3H3/t13-,14-/m1/s1. The maximum atomic E-state index is 12.8. The van der Waals surface area contributed by atoms with E-state index >= 15 is 0 Å². The van der Waals surface area contributed by atoms with Gasteiger partial charge in [-0.15, -0.1) is 6.58 Å². The molecule has 0 amide bonds. The topological polar surface area (TPSA) is 46.6 Å². The zero-order valence-corrected chi connectivity index (χ0v) is 12.8. The molecule has 0 aliphatic carbocycles. The second kappa shape index (κ2) is 6.08. The largest absolute Gasteiger partial charge is 0.371 e. The lowest BCUT2D eigenvalue weighted by atomic mass is 10.2. The van der Waals surface area contributed by atoms with Crippen molar-refractivity contribution in [1.29, 1.82) is 0 Å². The molecule has 0 spiro atoms. The predicted molar refractivity (Wildman–Crippen MR) is 79.1 cm³/mol. The van der Waals surface area contributed by atoms with E-state index in [1.165, 1.54) is 0 Å². The van der Waals surface area contributed by atoms with Crippen LogP contribution < -0.4 is 0 Å². The summed E-state index contributed by atoms with van der Waals surface area (Å²) in [5, 5.41) is 0. The lowest BCUT2D eigenvalue weighted by Crippen LogP contribution is -2.51. The first-order chi connectivity index (χ1) is 9.48. The Bertz CT molecular complexity index is 565. The molecular formula is C15H21NO3S. The molecule has 2 rings (SSSR count). The summed E-state index contributed by atoms with van der Waals surface area (Å²) in [5.74, 6) is 0. The highest BCUT2D eigenvalue weighted by Gasteiger charge is 2.35. The molecule has 1 fully saturated rings. The Morgan fingerprint density at radius 2 is 2.05 bits per heavy atom. The number of benzene rings is 1. The number of nitrogens with zero attached hydrogens (tertiary/aromatic N) is 1. The number of hydrogen-bond donors (Lipinski definition) is 0. The van der Waals surface area contributed by atoms with Crippen LogP contribution in [0.4, 0.5) is 0 Å². The van der Waals surface area contributed by atoms with Crippen molar-refractivity contribution >= 4 is 10.0 Å². The summed E-state index contributed by atoms with van der Waals surface area (Å²) in [6, 6.07) is 6.85. The molecule has 0 saturated carbocycles. The fourth-order valence-corrected chi connectivity index (χ4v) is 4.00. The van der Waals surface area contributed by atoms with E-state index in [-0.39, 0.29) is 12.1 Å². The molecule has 0 radical (unpaired) electrons. The molecule has 20 heavy (non-hydrogen) atoms. The SMILES string of the molecule is C=C[C@@H]1CN(S(=O)(=O)c2ccc(C)cc2)[C@H](CC)CO1. The van der Waals surface area contributed by atoms with Gasteiger partial charge in [-0.1, -0.05) is 30.7 Å². The molecule has 4 nitrogen and oxygen atoms in total. The summed E-state index contributed by atoms with van der Waals surface area (Å²) in [6.45, 7) is 8.35. The highest BCUT2D eigenvalue weighted by molar-refractivity contribution is 7.89. The fourth-order valence-electron chi connectivity index (χ4n) is 2.30. The minimum Gasteiger partial charge on any atom is -0.371 e. The Balaban J connectivity index is 2.34. The van der Waals surface area contributed by atoms with Crippen LogP contribution in [-0.4, -0.2) is 38.0 Å². The third kappa shape index (κ3) is 2.95. The van der Waals surface area contributed by atoms with Crippen molar-refractivity contribution in [3.8, 4) is 0 Å². The number of morpholine rings is 1. The number of rotatable bonds is 4. The van der Waals surface area contributed by atoms with Gasteiger partial charge in [0.1, 0.15) is 0 Å². The monoisotopic (exact) mass is 295 g/mol. The van der Waals surface area contributed by atoms with Crippen molar-refractivity contribution < 1.29 is 13.2 Å². The lowest BCUT2D eigenvalue weighted by Gasteiger charge is -2.37. The summed E-state index contributed by atoms with van der Waals surface area (Å²) < 4.78 is 32.7. The molecule has 1 aliphatic heterocycles. The fraction of sp³-hybridized carbons (Fsp3) is 0.467. The van der Waals surface area contributed by atoms with Crippen molar-refractivity contribution in [2.75, 3.05) is 13.2 Å². The van der Waals surface area contributed by atoms with Gasteiger partial charge in [0.05, 0.1) is 17.6 Å². The van der Waals surface area contributed by atoms with Crippen LogP contribution in [0.3, 0.4) is 0 Å². The lowest BCUT2D eigenvalue weighted by molar-refractivity contribution is -0.00839. The van der Waals surface area contributed by atoms with Gasteiger partial charge in [0.15, 0.2) is 0 Å². The van der Waals surface area contributed by atoms with Gasteiger partial charge in [-0.3, -0.25) is 0 Å². The van der Waals surface area contributed by atoms with Crippen molar-refractivity contribution in [2.24, 2.45) is 0 Å². The maximum Gasteiger partial charge on any atom is 0.243 e. The molecule has 1 aliphatic rings. The average Bonchev–Trinajstić information content (AvgIpc) is 2.47. The predicted octanol–water partition coefficient (Wildman–Crippen LogP) is 2.35. The summed E-state index contributed by atoms with van der Waals surface area (Å²) in [6.07, 6.45) is 2.15. The van der Waals surface area contributed by atoms with Crippen LogP contribution >= 0.6 is 0 Å². The molecule has 1 heterocycles. The van der Waals surface area contributed by atoms with Gasteiger partial charge >= 0.3 is 0 Å². The highest BCUT2D eigenvalue weighted by Crippen LogP contribution is 2.24. The number of hydrogen-bond acceptors (Lipinski definition) is 3. The average molecular weight is 295 g/mol. The Morgan fingerprint density at radius 1 is 1.40 bits per heavy atom. The van der Waals surface area contributed by atoms with Gasteiger partial charge in [-0.05, 0) is 25.5 Å². The van der Waals surface area contributed by atoms with Crippen LogP contribution in [0.5, 0.6) is 0 Å². The molecule has 0 N–H and O–H groups in total. The van der Waals surface area contributed by atoms with Crippen LogP contribution in [0, 0.1) is 6.92 Å². The van der Waals surface area contributed by atoms with Gasteiger partial charge in [0.25, 0.3) is 0 Å². The van der Waals surface area contributed by atoms with E-state index in [1.54, 1.807) is 22.5 Å². The first-order valence-corrected chi connectivity index (χ1v) is 8.25. The van der Waals surface area contributed by atoms with E-state index in [9.17, 15) is 8.42 Å². The molecule has 0 bridgehead atoms. The molecule has 5 heteroatoms. The zero-order valence-electron chi connectivity index (χ0n) is 12.0. The van der Waals surface area contributed by atoms with Gasteiger partial charge in [-0.2, -0.15) is 4.31 Å². The highest BCUT2D eigenvalue weighted by atomic mass is 32.2. The van der Waals surface area contributed by atoms with E-state index in [4.69, 9.17) is 4.74 Å². The molecule has 2 atom stereocenters. The smallest absolute Gasteiger partial charge is 0.243 e. The Kier molecular flexibility index (Phi) is 4.62. The van der Waals surface area contributed by atoms with Crippen LogP contribution in [0.15, 0.2) is 41.8 Å². The van der Waals surface area contributed by atoms with Gasteiger partial charge in [0, 0.05) is 12.6 Å². The van der Waals surface area contributed by atoms with Crippen molar-refractivity contribution in [3.63, 3.8) is 0 Å². The van der Waals surface area contributed by atoms with Crippen LogP contribution in [0.2, 0.25) is 0 Å². The maximum absolute atomic E-state index is 12.8. The zero-order chi connectivity index (χ0) is 14.8. The second-order valence-electron chi connectivity index (χ2n) is 5.06. The van der Waals surface area contributed by atoms with E-state index in [0.29, 0.717) is 18.0 Å². The molecule has 0 aromatic heterocycles. The normalized spacial score (nSPS) is 24.5. The van der Waals surface area contributed by atoms with E-state index in [2.05, 4.69) is 6.58 Å². The van der Waals surface area contributed by atoms with Gasteiger partial charge in [0.2, 0.25) is 10.0 Å². The van der Waals surface area contributed by atoms with E-state index in [0.717, 1.165) is 12.0 Å². The number of aryl methyl sites for hydroxylation is 1. The molecule has 0 unspecified atom stereocenters. The van der Waals surface area contributed by atoms with Crippen LogP contribution in [0.1, 0.15) is 18.9 Å². The quantitative estimate of drug-likeness (QED) is 0.801. The van der Waals surface area contributed by atoms with Crippen LogP contribution in [-0.2, 0) is 14.8 Å². The first-order valence-electron chi connectivity index (χ1n) is 6.81. The van der Waals surface area contributed by atoms with Gasteiger partial charge < -0.3 is 4.74 Å². The second-order valence-corrected chi connectivity index (χ2v) is 6.95. The van der Waals surface area contributed by atoms with E-state index < -0.39 is 10.0 Å². The van der Waals surface area contributed by atoms with Crippen LogP contribution in [0.25, 0.3) is 0 Å². The molecular weight excluding hydrogens is 274 g/mol. The minimum atomic E-state index is -3.48. The summed E-state index contributed by atoms with van der Waals surface area (Å²) >= 11 is 0. The van der Waals surface area contributed by atoms with Crippen molar-refractivity contribution in [3.05, 3.63) is 42.5 Å². The molecule has 1 saturated heterocycles. The molecule has 1 aromatic carbocycles. The first kappa shape index (κ1) is 15.2. The summed E-state index contributed by atoms with van der Waals surface area (Å²) in [4.78, 5) is 0.339. The Morgan fingerprint density at radius 3 is 2.60 bits per heavy atom. The molecule has 1 aromatic rings. The van der Waals surface area contributed by atoms with Gasteiger partial charge in [-0.25, -0.2) is 8.42 Å². The summed E-state index contributed by atoms with van der Waals surface area (Å²) in [5.41, 5.74) is 1.04. The number of ether oxygens (including phenoxy) is 1. The van der Waals surface area contributed by atoms with E-state index in [1.807, 2.05) is 26.0 Å².